The molecule has 0 amide bonds. The van der Waals surface area contributed by atoms with Gasteiger partial charge in [-0.15, -0.1) is 0 Å². The molecule has 1 aliphatic rings. The second kappa shape index (κ2) is 9.32. The molecular weight excluding hydrogens is 556 g/mol. The van der Waals surface area contributed by atoms with Gasteiger partial charge in [0.05, 0.1) is 27.6 Å². The zero-order valence-electron chi connectivity index (χ0n) is 25.5. The highest BCUT2D eigenvalue weighted by Crippen LogP contribution is 2.53. The lowest BCUT2D eigenvalue weighted by Crippen LogP contribution is -2.22. The Bertz CT molecular complexity index is 2710. The van der Waals surface area contributed by atoms with Crippen LogP contribution in [0.3, 0.4) is 0 Å². The molecule has 0 N–H and O–H groups in total. The summed E-state index contributed by atoms with van der Waals surface area (Å²) in [4.78, 5) is 0. The van der Waals surface area contributed by atoms with Crippen LogP contribution in [0, 0.1) is 0 Å². The Hall–Kier alpha value is -5.86. The minimum absolute atomic E-state index is 0.277. The van der Waals surface area contributed by atoms with Gasteiger partial charge in [-0.25, -0.2) is 0 Å². The highest BCUT2D eigenvalue weighted by molar-refractivity contribution is 6.20. The fourth-order valence-corrected chi connectivity index (χ4v) is 8.33. The molecule has 0 aliphatic heterocycles. The average molecular weight is 587 g/mol. The minimum atomic E-state index is -0.277. The molecule has 0 spiro atoms. The Morgan fingerprint density at radius 1 is 0.413 bits per heavy atom. The summed E-state index contributed by atoms with van der Waals surface area (Å²) in [6.07, 6.45) is 0. The Morgan fingerprint density at radius 2 is 0.978 bits per heavy atom. The first-order chi connectivity index (χ1) is 22.7. The number of rotatable bonds is 2. The van der Waals surface area contributed by atoms with E-state index in [9.17, 15) is 0 Å². The Kier molecular flexibility index (Phi) is 5.16. The Balaban J connectivity index is 1.40. The topological polar surface area (TPSA) is 9.34 Å². The van der Waals surface area contributed by atoms with Gasteiger partial charge in [0.2, 0.25) is 0 Å². The number of nitrogens with zero attached hydrogens (tertiary/aromatic N) is 2. The lowest BCUT2D eigenvalue weighted by atomic mass is 9.74. The van der Waals surface area contributed by atoms with Crippen molar-refractivity contribution in [1.29, 1.82) is 0 Å². The molecule has 0 radical (unpaired) electrons. The summed E-state index contributed by atoms with van der Waals surface area (Å²) < 4.78 is 4.96. The van der Waals surface area contributed by atoms with E-state index >= 15 is 0 Å². The van der Waals surface area contributed by atoms with E-state index < -0.39 is 0 Å². The average Bonchev–Trinajstić information content (AvgIpc) is 3.59. The van der Waals surface area contributed by atoms with Crippen LogP contribution in [0.2, 0.25) is 0 Å². The van der Waals surface area contributed by atoms with Crippen molar-refractivity contribution in [2.75, 3.05) is 0 Å². The van der Waals surface area contributed by atoms with E-state index in [2.05, 4.69) is 180 Å². The summed E-state index contributed by atoms with van der Waals surface area (Å²) in [6.45, 7) is 2.39. The van der Waals surface area contributed by atoms with Crippen molar-refractivity contribution < 1.29 is 0 Å². The third-order valence-corrected chi connectivity index (χ3v) is 10.4. The van der Waals surface area contributed by atoms with Gasteiger partial charge in [0, 0.05) is 32.6 Å². The third kappa shape index (κ3) is 3.25. The SMILES string of the molecule is CC1(c2ccccc2)c2ccccc2-c2ccc(-n3c4ccccc4c4cccc5c6ccccc6n(c6ccccc63)c45)cc21. The van der Waals surface area contributed by atoms with E-state index in [0.717, 1.165) is 11.2 Å². The van der Waals surface area contributed by atoms with E-state index in [1.807, 2.05) is 0 Å². The van der Waals surface area contributed by atoms with Crippen molar-refractivity contribution in [2.24, 2.45) is 0 Å². The molecule has 2 heteroatoms. The van der Waals surface area contributed by atoms with Crippen molar-refractivity contribution >= 4 is 49.1 Å². The molecule has 7 aromatic carbocycles. The number of aromatic nitrogens is 2. The Labute approximate surface area is 267 Å². The van der Waals surface area contributed by atoms with Gasteiger partial charge in [0.15, 0.2) is 0 Å². The van der Waals surface area contributed by atoms with Gasteiger partial charge in [0.25, 0.3) is 0 Å². The van der Waals surface area contributed by atoms with Crippen molar-refractivity contribution in [1.82, 2.24) is 8.97 Å². The molecule has 0 bridgehead atoms. The molecule has 46 heavy (non-hydrogen) atoms. The van der Waals surface area contributed by atoms with Crippen LogP contribution in [0.1, 0.15) is 23.6 Å². The minimum Gasteiger partial charge on any atom is -0.308 e. The van der Waals surface area contributed by atoms with Gasteiger partial charge in [-0.05, 0) is 71.1 Å². The summed E-state index contributed by atoms with van der Waals surface area (Å²) >= 11 is 0. The molecule has 1 aliphatic carbocycles. The zero-order valence-corrected chi connectivity index (χ0v) is 25.5. The maximum Gasteiger partial charge on any atom is 0.0703 e. The first-order valence-corrected chi connectivity index (χ1v) is 16.0. The van der Waals surface area contributed by atoms with Gasteiger partial charge in [0.1, 0.15) is 0 Å². The fraction of sp³-hybridized carbons (Fsp3) is 0.0455. The van der Waals surface area contributed by atoms with Gasteiger partial charge >= 0.3 is 0 Å². The maximum atomic E-state index is 2.48. The van der Waals surface area contributed by atoms with E-state index in [1.54, 1.807) is 0 Å². The van der Waals surface area contributed by atoms with E-state index in [4.69, 9.17) is 0 Å². The van der Waals surface area contributed by atoms with Crippen LogP contribution < -0.4 is 0 Å². The highest BCUT2D eigenvalue weighted by Gasteiger charge is 2.40. The molecule has 216 valence electrons. The van der Waals surface area contributed by atoms with E-state index in [0.29, 0.717) is 0 Å². The molecule has 2 heterocycles. The first kappa shape index (κ1) is 25.5. The molecule has 1 atom stereocenters. The largest absolute Gasteiger partial charge is 0.308 e. The quantitative estimate of drug-likeness (QED) is 0.191. The van der Waals surface area contributed by atoms with Crippen LogP contribution in [0.4, 0.5) is 0 Å². The second-order valence-electron chi connectivity index (χ2n) is 12.7. The summed E-state index contributed by atoms with van der Waals surface area (Å²) in [5, 5.41) is 5.02. The lowest BCUT2D eigenvalue weighted by molar-refractivity contribution is 0.713. The predicted molar refractivity (Wildman–Crippen MR) is 193 cm³/mol. The van der Waals surface area contributed by atoms with Crippen LogP contribution in [0.25, 0.3) is 65.9 Å². The zero-order chi connectivity index (χ0) is 30.4. The maximum absolute atomic E-state index is 2.48. The molecule has 0 saturated carbocycles. The summed E-state index contributed by atoms with van der Waals surface area (Å²) in [5.41, 5.74) is 13.5. The van der Waals surface area contributed by atoms with Gasteiger partial charge < -0.3 is 8.97 Å². The lowest BCUT2D eigenvalue weighted by Gasteiger charge is -2.29. The van der Waals surface area contributed by atoms with E-state index in [1.165, 1.54) is 71.4 Å². The standard InChI is InChI=1S/C44H30N2/c1-44(29-14-3-2-4-15-29)37-21-8-5-16-31(37)32-27-26-30(28-38(32)44)45-39-22-9-6-17-33(39)35-19-13-20-36-34-18-7-10-23-40(34)46(43(35)36)42-25-12-11-24-41(42)45/h2-28H,1H3. The van der Waals surface area contributed by atoms with Gasteiger partial charge in [-0.1, -0.05) is 127 Å². The van der Waals surface area contributed by atoms with Crippen LogP contribution in [-0.2, 0) is 5.41 Å². The van der Waals surface area contributed by atoms with Crippen molar-refractivity contribution in [3.63, 3.8) is 0 Å². The highest BCUT2D eigenvalue weighted by atomic mass is 15.0. The smallest absolute Gasteiger partial charge is 0.0703 e. The number of para-hydroxylation sites is 5. The van der Waals surface area contributed by atoms with Crippen molar-refractivity contribution in [3.8, 4) is 16.8 Å². The molecule has 2 nitrogen and oxygen atoms in total. The van der Waals surface area contributed by atoms with Crippen LogP contribution in [0.15, 0.2) is 164 Å². The first-order valence-electron chi connectivity index (χ1n) is 16.0. The van der Waals surface area contributed by atoms with Gasteiger partial charge in [-0.3, -0.25) is 0 Å². The molecule has 9 aromatic rings. The monoisotopic (exact) mass is 586 g/mol. The van der Waals surface area contributed by atoms with Gasteiger partial charge in [-0.2, -0.15) is 0 Å². The molecular formula is C44H30N2. The summed E-state index contributed by atoms with van der Waals surface area (Å²) in [6, 6.07) is 60.4. The van der Waals surface area contributed by atoms with Crippen LogP contribution >= 0.6 is 0 Å². The van der Waals surface area contributed by atoms with Crippen molar-refractivity contribution in [2.45, 2.75) is 12.3 Å². The van der Waals surface area contributed by atoms with Crippen molar-refractivity contribution in [3.05, 3.63) is 180 Å². The van der Waals surface area contributed by atoms with E-state index in [-0.39, 0.29) is 5.41 Å². The second-order valence-corrected chi connectivity index (χ2v) is 12.7. The van der Waals surface area contributed by atoms with Crippen LogP contribution in [-0.4, -0.2) is 8.97 Å². The molecule has 0 saturated heterocycles. The third-order valence-electron chi connectivity index (χ3n) is 10.4. The molecule has 1 unspecified atom stereocenters. The number of hydrogen-bond acceptors (Lipinski definition) is 0. The number of fused-ring (bicyclic) bond motifs is 10. The predicted octanol–water partition coefficient (Wildman–Crippen LogP) is 11.2. The Morgan fingerprint density at radius 3 is 1.76 bits per heavy atom. The molecule has 0 fully saturated rings. The number of benzene rings is 7. The number of hydrogen-bond donors (Lipinski definition) is 0. The normalized spacial score (nSPS) is 15.6. The van der Waals surface area contributed by atoms with Crippen LogP contribution in [0.5, 0.6) is 0 Å². The summed E-state index contributed by atoms with van der Waals surface area (Å²) in [7, 11) is 0. The molecule has 2 aromatic heterocycles. The fourth-order valence-electron chi connectivity index (χ4n) is 8.33. The molecule has 10 rings (SSSR count). The summed E-state index contributed by atoms with van der Waals surface area (Å²) in [5.74, 6) is 0.